The van der Waals surface area contributed by atoms with Crippen molar-refractivity contribution < 1.29 is 9.59 Å². The number of thiophene rings is 2. The maximum atomic E-state index is 12.7. The average Bonchev–Trinajstić information content (AvgIpc) is 3.21. The molecule has 26 heavy (non-hydrogen) atoms. The fraction of sp³-hybridized carbons (Fsp3) is 0.500. The Balaban J connectivity index is 1.94. The van der Waals surface area contributed by atoms with Crippen LogP contribution in [-0.2, 0) is 12.8 Å². The van der Waals surface area contributed by atoms with Crippen LogP contribution in [0.5, 0.6) is 0 Å². The Kier molecular flexibility index (Phi) is 5.53. The zero-order valence-electron chi connectivity index (χ0n) is 15.8. The van der Waals surface area contributed by atoms with E-state index in [1.54, 1.807) is 17.4 Å². The van der Waals surface area contributed by atoms with Crippen LogP contribution < -0.4 is 10.6 Å². The van der Waals surface area contributed by atoms with Gasteiger partial charge >= 0.3 is 0 Å². The zero-order chi connectivity index (χ0) is 18.9. The van der Waals surface area contributed by atoms with Crippen molar-refractivity contribution in [2.24, 2.45) is 11.3 Å². The van der Waals surface area contributed by atoms with Crippen molar-refractivity contribution in [1.82, 2.24) is 5.32 Å². The van der Waals surface area contributed by atoms with E-state index < -0.39 is 0 Å². The van der Waals surface area contributed by atoms with Crippen LogP contribution in [0.1, 0.15) is 64.6 Å². The number of carbonyl (C=O) groups excluding carboxylic acids is 2. The Labute approximate surface area is 163 Å². The summed E-state index contributed by atoms with van der Waals surface area (Å²) in [4.78, 5) is 27.1. The van der Waals surface area contributed by atoms with Crippen LogP contribution in [0.25, 0.3) is 0 Å². The molecule has 1 unspecified atom stereocenters. The van der Waals surface area contributed by atoms with Gasteiger partial charge in [-0.1, -0.05) is 26.8 Å². The average molecular weight is 391 g/mol. The van der Waals surface area contributed by atoms with Crippen molar-refractivity contribution in [3.05, 3.63) is 38.4 Å². The molecule has 0 radical (unpaired) electrons. The van der Waals surface area contributed by atoms with Gasteiger partial charge in [0.15, 0.2) is 0 Å². The molecule has 0 fully saturated rings. The van der Waals surface area contributed by atoms with E-state index >= 15 is 0 Å². The molecule has 140 valence electrons. The standard InChI is InChI=1S/C20H26N2O2S2/c1-5-21-18(24)16-13-9-8-12(20(2,3)4)11-15(13)26-19(16)22-17(23)14-7-6-10-25-14/h6-7,10,12H,5,8-9,11H2,1-4H3,(H,21,24)(H,22,23). The third kappa shape index (κ3) is 3.86. The number of hydrogen-bond acceptors (Lipinski definition) is 4. The first-order chi connectivity index (χ1) is 12.3. The molecule has 1 aliphatic carbocycles. The van der Waals surface area contributed by atoms with Crippen molar-refractivity contribution in [1.29, 1.82) is 0 Å². The summed E-state index contributed by atoms with van der Waals surface area (Å²) in [6, 6.07) is 3.66. The van der Waals surface area contributed by atoms with Gasteiger partial charge in [0.1, 0.15) is 5.00 Å². The second-order valence-electron chi connectivity index (χ2n) is 7.80. The van der Waals surface area contributed by atoms with E-state index in [1.165, 1.54) is 16.2 Å². The zero-order valence-corrected chi connectivity index (χ0v) is 17.4. The number of amides is 2. The van der Waals surface area contributed by atoms with E-state index in [1.807, 2.05) is 18.4 Å². The summed E-state index contributed by atoms with van der Waals surface area (Å²) in [6.07, 6.45) is 2.96. The van der Waals surface area contributed by atoms with Crippen LogP contribution in [0, 0.1) is 11.3 Å². The minimum absolute atomic E-state index is 0.0827. The lowest BCUT2D eigenvalue weighted by Crippen LogP contribution is -2.28. The van der Waals surface area contributed by atoms with E-state index in [0.29, 0.717) is 27.9 Å². The van der Waals surface area contributed by atoms with Crippen molar-refractivity contribution >= 4 is 39.5 Å². The smallest absolute Gasteiger partial charge is 0.266 e. The summed E-state index contributed by atoms with van der Waals surface area (Å²) in [6.45, 7) is 9.32. The Hall–Kier alpha value is -1.66. The van der Waals surface area contributed by atoms with Gasteiger partial charge < -0.3 is 10.6 Å². The number of nitrogens with one attached hydrogen (secondary N) is 2. The first-order valence-corrected chi connectivity index (χ1v) is 10.8. The van der Waals surface area contributed by atoms with Gasteiger partial charge in [-0.3, -0.25) is 9.59 Å². The van der Waals surface area contributed by atoms with Gasteiger partial charge in [0.05, 0.1) is 10.4 Å². The molecule has 0 saturated heterocycles. The van der Waals surface area contributed by atoms with Crippen molar-refractivity contribution in [3.8, 4) is 0 Å². The molecule has 6 heteroatoms. The molecular weight excluding hydrogens is 364 g/mol. The normalized spacial score (nSPS) is 16.8. The fourth-order valence-electron chi connectivity index (χ4n) is 3.47. The molecule has 2 aromatic rings. The van der Waals surface area contributed by atoms with Crippen LogP contribution in [0.2, 0.25) is 0 Å². The Morgan fingerprint density at radius 2 is 2.04 bits per heavy atom. The molecule has 2 heterocycles. The van der Waals surface area contributed by atoms with Gasteiger partial charge in [-0.15, -0.1) is 22.7 Å². The van der Waals surface area contributed by atoms with Crippen molar-refractivity contribution in [3.63, 3.8) is 0 Å². The SMILES string of the molecule is CCNC(=O)c1c(NC(=O)c2cccs2)sc2c1CCC(C(C)(C)C)C2. The van der Waals surface area contributed by atoms with Crippen LogP contribution >= 0.6 is 22.7 Å². The van der Waals surface area contributed by atoms with Crippen LogP contribution in [0.4, 0.5) is 5.00 Å². The van der Waals surface area contributed by atoms with Crippen LogP contribution in [-0.4, -0.2) is 18.4 Å². The van der Waals surface area contributed by atoms with Gasteiger partial charge in [0.25, 0.3) is 11.8 Å². The third-order valence-electron chi connectivity index (χ3n) is 5.03. The minimum Gasteiger partial charge on any atom is -0.352 e. The second-order valence-corrected chi connectivity index (χ2v) is 9.86. The summed E-state index contributed by atoms with van der Waals surface area (Å²) in [7, 11) is 0. The Bertz CT molecular complexity index is 801. The van der Waals surface area contributed by atoms with Gasteiger partial charge in [-0.2, -0.15) is 0 Å². The summed E-state index contributed by atoms with van der Waals surface area (Å²) in [5, 5.41) is 8.47. The number of fused-ring (bicyclic) bond motifs is 1. The van der Waals surface area contributed by atoms with Crippen LogP contribution in [0.15, 0.2) is 17.5 Å². The van der Waals surface area contributed by atoms with Gasteiger partial charge in [0.2, 0.25) is 0 Å². The van der Waals surface area contributed by atoms with Crippen molar-refractivity contribution in [2.75, 3.05) is 11.9 Å². The van der Waals surface area contributed by atoms with Gasteiger partial charge in [0, 0.05) is 11.4 Å². The molecule has 0 aromatic carbocycles. The predicted octanol–water partition coefficient (Wildman–Crippen LogP) is 4.96. The number of anilines is 1. The highest BCUT2D eigenvalue weighted by Gasteiger charge is 2.34. The van der Waals surface area contributed by atoms with E-state index in [-0.39, 0.29) is 17.2 Å². The molecule has 3 rings (SSSR count). The van der Waals surface area contributed by atoms with E-state index in [9.17, 15) is 9.59 Å². The minimum atomic E-state index is -0.142. The molecular formula is C20H26N2O2S2. The van der Waals surface area contributed by atoms with Gasteiger partial charge in [-0.05, 0) is 54.5 Å². The van der Waals surface area contributed by atoms with Gasteiger partial charge in [-0.25, -0.2) is 0 Å². The van der Waals surface area contributed by atoms with Crippen LogP contribution in [0.3, 0.4) is 0 Å². The molecule has 1 aliphatic rings. The largest absolute Gasteiger partial charge is 0.352 e. The number of hydrogen-bond donors (Lipinski definition) is 2. The lowest BCUT2D eigenvalue weighted by molar-refractivity contribution is 0.0955. The molecule has 0 spiro atoms. The molecule has 1 atom stereocenters. The molecule has 4 nitrogen and oxygen atoms in total. The summed E-state index contributed by atoms with van der Waals surface area (Å²) < 4.78 is 0. The molecule has 0 aliphatic heterocycles. The first-order valence-electron chi connectivity index (χ1n) is 9.08. The Morgan fingerprint density at radius 1 is 1.27 bits per heavy atom. The van der Waals surface area contributed by atoms with E-state index in [0.717, 1.165) is 24.8 Å². The molecule has 2 amide bonds. The number of carbonyl (C=O) groups is 2. The highest BCUT2D eigenvalue weighted by molar-refractivity contribution is 7.17. The number of rotatable bonds is 4. The highest BCUT2D eigenvalue weighted by atomic mass is 32.1. The topological polar surface area (TPSA) is 58.2 Å². The second kappa shape index (κ2) is 7.53. The molecule has 0 saturated carbocycles. The van der Waals surface area contributed by atoms with Crippen molar-refractivity contribution in [2.45, 2.75) is 47.0 Å². The molecule has 2 N–H and O–H groups in total. The maximum absolute atomic E-state index is 12.7. The molecule has 2 aromatic heterocycles. The summed E-state index contributed by atoms with van der Waals surface area (Å²) in [5.41, 5.74) is 2.04. The first kappa shape index (κ1) is 19.1. The fourth-order valence-corrected chi connectivity index (χ4v) is 5.41. The van der Waals surface area contributed by atoms with E-state index in [4.69, 9.17) is 0 Å². The maximum Gasteiger partial charge on any atom is 0.266 e. The third-order valence-corrected chi connectivity index (χ3v) is 7.06. The lowest BCUT2D eigenvalue weighted by Gasteiger charge is -2.33. The lowest BCUT2D eigenvalue weighted by atomic mass is 9.72. The predicted molar refractivity (Wildman–Crippen MR) is 110 cm³/mol. The Morgan fingerprint density at radius 3 is 2.65 bits per heavy atom. The molecule has 0 bridgehead atoms. The summed E-state index contributed by atoms with van der Waals surface area (Å²) >= 11 is 2.98. The summed E-state index contributed by atoms with van der Waals surface area (Å²) in [5.74, 6) is 0.369. The monoisotopic (exact) mass is 390 g/mol. The van der Waals surface area contributed by atoms with E-state index in [2.05, 4.69) is 31.4 Å². The quantitative estimate of drug-likeness (QED) is 0.775. The highest BCUT2D eigenvalue weighted by Crippen LogP contribution is 2.44.